The Morgan fingerprint density at radius 3 is 2.96 bits per heavy atom. The first-order valence-electron chi connectivity index (χ1n) is 6.99. The molecular weight excluding hydrogens is 346 g/mol. The lowest BCUT2D eigenvalue weighted by Crippen LogP contribution is -2.12. The quantitative estimate of drug-likeness (QED) is 0.579. The lowest BCUT2D eigenvalue weighted by molar-refractivity contribution is 0.102. The molecule has 0 fully saturated rings. The number of amides is 1. The van der Waals surface area contributed by atoms with E-state index < -0.39 is 0 Å². The first-order valence-corrected chi connectivity index (χ1v) is 8.75. The maximum atomic E-state index is 12.4. The zero-order chi connectivity index (χ0) is 16.5. The summed E-state index contributed by atoms with van der Waals surface area (Å²) in [6.45, 7) is 1.74. The van der Waals surface area contributed by atoms with Crippen LogP contribution in [0.1, 0.15) is 16.3 Å². The Balaban J connectivity index is 1.56. The third-order valence-electron chi connectivity index (χ3n) is 3.23. The lowest BCUT2D eigenvalue weighted by atomic mass is 10.3. The highest BCUT2D eigenvalue weighted by molar-refractivity contribution is 7.14. The van der Waals surface area contributed by atoms with Gasteiger partial charge in [0.25, 0.3) is 11.8 Å². The van der Waals surface area contributed by atoms with E-state index in [4.69, 9.17) is 4.52 Å². The number of anilines is 1. The number of H-pyrrole nitrogens is 1. The zero-order valence-corrected chi connectivity index (χ0v) is 14.1. The molecule has 4 rings (SSSR count). The van der Waals surface area contributed by atoms with Crippen molar-refractivity contribution in [1.29, 1.82) is 0 Å². The monoisotopic (exact) mass is 357 g/mol. The van der Waals surface area contributed by atoms with Gasteiger partial charge in [-0.2, -0.15) is 10.1 Å². The van der Waals surface area contributed by atoms with Gasteiger partial charge in [0.1, 0.15) is 4.88 Å². The summed E-state index contributed by atoms with van der Waals surface area (Å²) >= 11 is 3.00. The van der Waals surface area contributed by atoms with Gasteiger partial charge >= 0.3 is 0 Å². The third-order valence-corrected chi connectivity index (χ3v) is 5.04. The molecule has 7 nitrogen and oxygen atoms in total. The molecule has 0 aromatic carbocycles. The van der Waals surface area contributed by atoms with Crippen molar-refractivity contribution in [3.05, 3.63) is 46.5 Å². The van der Waals surface area contributed by atoms with E-state index >= 15 is 0 Å². The molecule has 4 aromatic heterocycles. The predicted molar refractivity (Wildman–Crippen MR) is 92.2 cm³/mol. The van der Waals surface area contributed by atoms with Gasteiger partial charge in [0.15, 0.2) is 11.5 Å². The van der Waals surface area contributed by atoms with Crippen LogP contribution >= 0.6 is 22.7 Å². The second-order valence-corrected chi connectivity index (χ2v) is 6.77. The number of aromatic amines is 1. The van der Waals surface area contributed by atoms with Gasteiger partial charge in [-0.05, 0) is 35.9 Å². The number of carbonyl (C=O) groups excluding carboxylic acids is 1. The molecule has 2 N–H and O–H groups in total. The molecule has 9 heteroatoms. The third kappa shape index (κ3) is 2.74. The highest BCUT2D eigenvalue weighted by Crippen LogP contribution is 2.33. The molecule has 0 bridgehead atoms. The van der Waals surface area contributed by atoms with Crippen molar-refractivity contribution in [2.75, 3.05) is 5.32 Å². The highest BCUT2D eigenvalue weighted by Gasteiger charge is 2.18. The first-order chi connectivity index (χ1) is 11.7. The molecule has 0 spiro atoms. The van der Waals surface area contributed by atoms with Crippen LogP contribution in [-0.2, 0) is 0 Å². The van der Waals surface area contributed by atoms with Gasteiger partial charge in [0.05, 0.1) is 16.3 Å². The largest absolute Gasteiger partial charge is 0.333 e. The van der Waals surface area contributed by atoms with E-state index in [1.165, 1.54) is 11.3 Å². The summed E-state index contributed by atoms with van der Waals surface area (Å²) < 4.78 is 5.17. The Bertz CT molecular complexity index is 983. The van der Waals surface area contributed by atoms with Crippen molar-refractivity contribution in [2.24, 2.45) is 0 Å². The summed E-state index contributed by atoms with van der Waals surface area (Å²) in [4.78, 5) is 18.4. The Morgan fingerprint density at radius 1 is 1.29 bits per heavy atom. The number of aryl methyl sites for hydroxylation is 1. The molecule has 0 aliphatic rings. The second-order valence-electron chi connectivity index (χ2n) is 4.91. The van der Waals surface area contributed by atoms with E-state index in [1.54, 1.807) is 30.4 Å². The van der Waals surface area contributed by atoms with Crippen molar-refractivity contribution in [1.82, 2.24) is 20.3 Å². The van der Waals surface area contributed by atoms with E-state index in [9.17, 15) is 4.79 Å². The van der Waals surface area contributed by atoms with Crippen LogP contribution in [0, 0.1) is 6.92 Å². The molecule has 0 unspecified atom stereocenters. The Labute approximate surface area is 144 Å². The van der Waals surface area contributed by atoms with Crippen molar-refractivity contribution in [2.45, 2.75) is 6.92 Å². The first kappa shape index (κ1) is 14.8. The Kier molecular flexibility index (Phi) is 3.71. The minimum Gasteiger partial charge on any atom is -0.333 e. The summed E-state index contributed by atoms with van der Waals surface area (Å²) in [6.07, 6.45) is 0. The number of aromatic nitrogens is 4. The van der Waals surface area contributed by atoms with Crippen LogP contribution in [0.5, 0.6) is 0 Å². The van der Waals surface area contributed by atoms with Crippen LogP contribution < -0.4 is 5.32 Å². The molecule has 120 valence electrons. The van der Waals surface area contributed by atoms with Crippen molar-refractivity contribution < 1.29 is 9.32 Å². The standard InChI is InChI=1S/C15H11N5O2S2/c1-8-16-15(22-20-8)13-9(4-6-24-13)17-14(21)11-7-10(18-19-11)12-3-2-5-23-12/h2-7H,1H3,(H,17,21)(H,18,19). The molecule has 1 amide bonds. The maximum Gasteiger partial charge on any atom is 0.276 e. The molecule has 0 atom stereocenters. The highest BCUT2D eigenvalue weighted by atomic mass is 32.1. The topological polar surface area (TPSA) is 96.7 Å². The summed E-state index contributed by atoms with van der Waals surface area (Å²) in [5.41, 5.74) is 1.75. The molecular formula is C15H11N5O2S2. The van der Waals surface area contributed by atoms with Gasteiger partial charge in [0, 0.05) is 0 Å². The Hall–Kier alpha value is -2.78. The molecule has 4 heterocycles. The lowest BCUT2D eigenvalue weighted by Gasteiger charge is -2.01. The number of hydrogen-bond acceptors (Lipinski definition) is 7. The van der Waals surface area contributed by atoms with E-state index in [-0.39, 0.29) is 5.91 Å². The van der Waals surface area contributed by atoms with E-state index in [0.29, 0.717) is 23.1 Å². The average molecular weight is 357 g/mol. The molecule has 24 heavy (non-hydrogen) atoms. The average Bonchev–Trinajstić information content (AvgIpc) is 3.34. The molecule has 0 radical (unpaired) electrons. The summed E-state index contributed by atoms with van der Waals surface area (Å²) in [7, 11) is 0. The fraction of sp³-hybridized carbons (Fsp3) is 0.0667. The van der Waals surface area contributed by atoms with Gasteiger partial charge < -0.3 is 9.84 Å². The van der Waals surface area contributed by atoms with Crippen LogP contribution in [0.3, 0.4) is 0 Å². The molecule has 0 aliphatic carbocycles. The predicted octanol–water partition coefficient (Wildman–Crippen LogP) is 3.81. The van der Waals surface area contributed by atoms with Gasteiger partial charge in [-0.25, -0.2) is 0 Å². The summed E-state index contributed by atoms with van der Waals surface area (Å²) in [5, 5.41) is 17.4. The minimum atomic E-state index is -0.301. The van der Waals surface area contributed by atoms with Gasteiger partial charge in [-0.15, -0.1) is 22.7 Å². The normalized spacial score (nSPS) is 10.9. The second kappa shape index (κ2) is 6.02. The number of thiophene rings is 2. The van der Waals surface area contributed by atoms with Crippen LogP contribution in [0.2, 0.25) is 0 Å². The van der Waals surface area contributed by atoms with E-state index in [1.807, 2.05) is 22.9 Å². The van der Waals surface area contributed by atoms with Crippen LogP contribution in [0.25, 0.3) is 21.3 Å². The van der Waals surface area contributed by atoms with Crippen LogP contribution in [0.4, 0.5) is 5.69 Å². The SMILES string of the molecule is Cc1noc(-c2sccc2NC(=O)c2cc(-c3cccs3)[nH]n2)n1. The number of hydrogen-bond donors (Lipinski definition) is 2. The van der Waals surface area contributed by atoms with Crippen molar-refractivity contribution in [3.63, 3.8) is 0 Å². The van der Waals surface area contributed by atoms with Gasteiger partial charge in [-0.3, -0.25) is 9.89 Å². The fourth-order valence-corrected chi connectivity index (χ4v) is 3.61. The smallest absolute Gasteiger partial charge is 0.276 e. The number of carbonyl (C=O) groups is 1. The summed E-state index contributed by atoms with van der Waals surface area (Å²) in [6, 6.07) is 7.44. The molecule has 4 aromatic rings. The van der Waals surface area contributed by atoms with Crippen molar-refractivity contribution in [3.8, 4) is 21.3 Å². The molecule has 0 saturated carbocycles. The number of nitrogens with one attached hydrogen (secondary N) is 2. The van der Waals surface area contributed by atoms with Crippen LogP contribution in [-0.4, -0.2) is 26.2 Å². The number of rotatable bonds is 4. The zero-order valence-electron chi connectivity index (χ0n) is 12.4. The van der Waals surface area contributed by atoms with E-state index in [0.717, 1.165) is 15.4 Å². The molecule has 0 saturated heterocycles. The maximum absolute atomic E-state index is 12.4. The fourth-order valence-electron chi connectivity index (χ4n) is 2.15. The Morgan fingerprint density at radius 2 is 2.21 bits per heavy atom. The summed E-state index contributed by atoms with van der Waals surface area (Å²) in [5.74, 6) is 0.632. The van der Waals surface area contributed by atoms with E-state index in [2.05, 4.69) is 25.7 Å². The van der Waals surface area contributed by atoms with Crippen LogP contribution in [0.15, 0.2) is 39.5 Å². The molecule has 0 aliphatic heterocycles. The number of nitrogens with zero attached hydrogens (tertiary/aromatic N) is 3. The van der Waals surface area contributed by atoms with Crippen molar-refractivity contribution >= 4 is 34.3 Å². The van der Waals surface area contributed by atoms with Gasteiger partial charge in [0.2, 0.25) is 0 Å². The van der Waals surface area contributed by atoms with Gasteiger partial charge in [-0.1, -0.05) is 11.2 Å². The minimum absolute atomic E-state index is 0.301.